The van der Waals surface area contributed by atoms with Crippen LogP contribution in [0, 0.1) is 46.3 Å². The van der Waals surface area contributed by atoms with Crippen molar-refractivity contribution in [2.75, 3.05) is 0 Å². The summed E-state index contributed by atoms with van der Waals surface area (Å²) < 4.78 is 5.60. The zero-order valence-corrected chi connectivity index (χ0v) is 23.3. The van der Waals surface area contributed by atoms with Gasteiger partial charge in [0.25, 0.3) is 0 Å². The Labute approximate surface area is 213 Å². The minimum absolute atomic E-state index is 0.00459. The molecule has 0 aliphatic heterocycles. The molecule has 4 aliphatic rings. The van der Waals surface area contributed by atoms with Gasteiger partial charge in [-0.1, -0.05) is 34.1 Å². The predicted octanol–water partition coefficient (Wildman–Crippen LogP) is 5.49. The van der Waals surface area contributed by atoms with Crippen LogP contribution in [0.4, 0.5) is 0 Å². The molecule has 4 saturated carbocycles. The zero-order valence-electron chi connectivity index (χ0n) is 23.3. The lowest BCUT2D eigenvalue weighted by atomic mass is 9.41. The SMILES string of the molecule is CC(=O)OC(C)(C)C(C)CCC(C)C1CCC2C3CC(O)C4CC(O)CCC4(C)C3(O)CCC12C. The Balaban J connectivity index is 1.48. The predicted molar refractivity (Wildman–Crippen MR) is 137 cm³/mol. The van der Waals surface area contributed by atoms with Crippen molar-refractivity contribution in [3.05, 3.63) is 0 Å². The van der Waals surface area contributed by atoms with E-state index in [9.17, 15) is 20.1 Å². The number of aliphatic hydroxyl groups excluding tert-OH is 2. The van der Waals surface area contributed by atoms with Gasteiger partial charge in [0, 0.05) is 12.3 Å². The molecule has 4 fully saturated rings. The summed E-state index contributed by atoms with van der Waals surface area (Å²) in [6, 6.07) is 0. The molecular weight excluding hydrogens is 440 g/mol. The van der Waals surface area contributed by atoms with E-state index in [4.69, 9.17) is 4.74 Å². The zero-order chi connectivity index (χ0) is 26.0. The third kappa shape index (κ3) is 4.40. The van der Waals surface area contributed by atoms with Crippen molar-refractivity contribution in [2.24, 2.45) is 46.3 Å². The molecule has 0 aromatic rings. The highest BCUT2D eigenvalue weighted by atomic mass is 16.6. The Kier molecular flexibility index (Phi) is 7.26. The Morgan fingerprint density at radius 2 is 1.66 bits per heavy atom. The van der Waals surface area contributed by atoms with Crippen molar-refractivity contribution < 1.29 is 24.9 Å². The second kappa shape index (κ2) is 9.27. The third-order valence-corrected chi connectivity index (χ3v) is 12.3. The fourth-order valence-corrected chi connectivity index (χ4v) is 9.71. The number of carbonyl (C=O) groups excluding carboxylic acids is 1. The van der Waals surface area contributed by atoms with E-state index in [1.54, 1.807) is 0 Å². The van der Waals surface area contributed by atoms with Gasteiger partial charge in [-0.3, -0.25) is 4.79 Å². The van der Waals surface area contributed by atoms with E-state index >= 15 is 0 Å². The number of carbonyl (C=O) groups is 1. The lowest BCUT2D eigenvalue weighted by Crippen LogP contribution is -2.68. The second-order valence-electron chi connectivity index (χ2n) is 14.2. The van der Waals surface area contributed by atoms with Gasteiger partial charge in [-0.05, 0) is 113 Å². The van der Waals surface area contributed by atoms with Gasteiger partial charge < -0.3 is 20.1 Å². The molecule has 0 bridgehead atoms. The number of hydrogen-bond donors (Lipinski definition) is 3. The first kappa shape index (κ1) is 27.4. The fourth-order valence-electron chi connectivity index (χ4n) is 9.71. The molecule has 0 aromatic heterocycles. The van der Waals surface area contributed by atoms with E-state index in [1.165, 1.54) is 13.3 Å². The first-order valence-electron chi connectivity index (χ1n) is 14.4. The van der Waals surface area contributed by atoms with Gasteiger partial charge in [0.2, 0.25) is 0 Å². The summed E-state index contributed by atoms with van der Waals surface area (Å²) in [5.74, 6) is 1.87. The number of esters is 1. The molecule has 202 valence electrons. The minimum atomic E-state index is -0.734. The molecule has 11 atom stereocenters. The highest BCUT2D eigenvalue weighted by Gasteiger charge is 2.68. The topological polar surface area (TPSA) is 87.0 Å². The van der Waals surface area contributed by atoms with E-state index < -0.39 is 17.3 Å². The summed E-state index contributed by atoms with van der Waals surface area (Å²) in [6.07, 6.45) is 8.43. The second-order valence-corrected chi connectivity index (χ2v) is 14.2. The Hall–Kier alpha value is -0.650. The van der Waals surface area contributed by atoms with Crippen LogP contribution >= 0.6 is 0 Å². The molecule has 3 N–H and O–H groups in total. The van der Waals surface area contributed by atoms with E-state index in [1.807, 2.05) is 13.8 Å². The minimum Gasteiger partial charge on any atom is -0.460 e. The monoisotopic (exact) mass is 492 g/mol. The largest absolute Gasteiger partial charge is 0.460 e. The van der Waals surface area contributed by atoms with Gasteiger partial charge in [-0.15, -0.1) is 0 Å². The van der Waals surface area contributed by atoms with Crippen LogP contribution in [0.2, 0.25) is 0 Å². The highest BCUT2D eigenvalue weighted by molar-refractivity contribution is 5.66. The first-order valence-corrected chi connectivity index (χ1v) is 14.4. The third-order valence-electron chi connectivity index (χ3n) is 12.3. The summed E-state index contributed by atoms with van der Waals surface area (Å²) in [6.45, 7) is 14.8. The maximum Gasteiger partial charge on any atom is 0.303 e. The standard InChI is InChI=1S/C30H52O5/c1-18(8-9-19(2)27(4,5)35-20(3)31)22-10-11-23-24-17-26(33)25-16-21(32)12-13-29(25,7)30(24,34)15-14-28(22,23)6/h18-19,21-26,32-34H,8-17H2,1-7H3. The summed E-state index contributed by atoms with van der Waals surface area (Å²) in [5.41, 5.74) is -1.30. The Morgan fingerprint density at radius 3 is 2.31 bits per heavy atom. The molecule has 0 spiro atoms. The number of fused-ring (bicyclic) bond motifs is 5. The number of ether oxygens (including phenoxy) is 1. The van der Waals surface area contributed by atoms with Gasteiger partial charge in [0.05, 0.1) is 17.8 Å². The van der Waals surface area contributed by atoms with Crippen LogP contribution in [0.5, 0.6) is 0 Å². The van der Waals surface area contributed by atoms with Crippen molar-refractivity contribution in [3.8, 4) is 0 Å². The average molecular weight is 493 g/mol. The van der Waals surface area contributed by atoms with Crippen LogP contribution < -0.4 is 0 Å². The molecular formula is C30H52O5. The summed E-state index contributed by atoms with van der Waals surface area (Å²) in [4.78, 5) is 11.5. The van der Waals surface area contributed by atoms with Crippen molar-refractivity contribution >= 4 is 5.97 Å². The van der Waals surface area contributed by atoms with Gasteiger partial charge in [-0.25, -0.2) is 0 Å². The smallest absolute Gasteiger partial charge is 0.303 e. The number of aliphatic hydroxyl groups is 3. The quantitative estimate of drug-likeness (QED) is 0.427. The summed E-state index contributed by atoms with van der Waals surface area (Å²) in [7, 11) is 0. The lowest BCUT2D eigenvalue weighted by Gasteiger charge is -2.66. The molecule has 4 aliphatic carbocycles. The van der Waals surface area contributed by atoms with E-state index in [-0.39, 0.29) is 34.7 Å². The number of hydrogen-bond acceptors (Lipinski definition) is 5. The molecule has 0 amide bonds. The fraction of sp³-hybridized carbons (Fsp3) is 0.967. The molecule has 5 heteroatoms. The molecule has 0 radical (unpaired) electrons. The van der Waals surface area contributed by atoms with Gasteiger partial charge >= 0.3 is 5.97 Å². The molecule has 0 heterocycles. The van der Waals surface area contributed by atoms with E-state index in [0.29, 0.717) is 36.5 Å². The van der Waals surface area contributed by atoms with Crippen molar-refractivity contribution in [3.63, 3.8) is 0 Å². The van der Waals surface area contributed by atoms with Crippen LogP contribution in [0.3, 0.4) is 0 Å². The molecule has 4 rings (SSSR count). The molecule has 0 saturated heterocycles. The highest BCUT2D eigenvalue weighted by Crippen LogP contribution is 2.69. The Morgan fingerprint density at radius 1 is 0.971 bits per heavy atom. The van der Waals surface area contributed by atoms with Crippen LogP contribution in [0.15, 0.2) is 0 Å². The van der Waals surface area contributed by atoms with E-state index in [2.05, 4.69) is 27.7 Å². The Bertz CT molecular complexity index is 796. The summed E-state index contributed by atoms with van der Waals surface area (Å²) in [5, 5.41) is 33.9. The normalized spacial score (nSPS) is 47.3. The number of rotatable bonds is 6. The average Bonchev–Trinajstić information content (AvgIpc) is 3.11. The van der Waals surface area contributed by atoms with Crippen LogP contribution in [-0.4, -0.2) is 44.7 Å². The first-order chi connectivity index (χ1) is 16.2. The van der Waals surface area contributed by atoms with Gasteiger partial charge in [-0.2, -0.15) is 0 Å². The summed E-state index contributed by atoms with van der Waals surface area (Å²) >= 11 is 0. The van der Waals surface area contributed by atoms with Gasteiger partial charge in [0.1, 0.15) is 5.60 Å². The maximum absolute atomic E-state index is 12.3. The van der Waals surface area contributed by atoms with Crippen LogP contribution in [-0.2, 0) is 9.53 Å². The van der Waals surface area contributed by atoms with Crippen LogP contribution in [0.1, 0.15) is 113 Å². The lowest BCUT2D eigenvalue weighted by molar-refractivity contribution is -0.265. The van der Waals surface area contributed by atoms with Gasteiger partial charge in [0.15, 0.2) is 0 Å². The van der Waals surface area contributed by atoms with E-state index in [0.717, 1.165) is 44.9 Å². The van der Waals surface area contributed by atoms with Crippen molar-refractivity contribution in [2.45, 2.75) is 136 Å². The van der Waals surface area contributed by atoms with Crippen molar-refractivity contribution in [1.29, 1.82) is 0 Å². The van der Waals surface area contributed by atoms with Crippen molar-refractivity contribution in [1.82, 2.24) is 0 Å². The molecule has 11 unspecified atom stereocenters. The van der Waals surface area contributed by atoms with Crippen LogP contribution in [0.25, 0.3) is 0 Å². The molecule has 35 heavy (non-hydrogen) atoms. The molecule has 5 nitrogen and oxygen atoms in total. The molecule has 0 aromatic carbocycles. The maximum atomic E-state index is 12.3.